The molecule has 0 fully saturated rings. The molecule has 0 saturated heterocycles. The van der Waals surface area contributed by atoms with Crippen LogP contribution < -0.4 is 4.74 Å². The van der Waals surface area contributed by atoms with Crippen LogP contribution in [0.4, 0.5) is 0 Å². The lowest BCUT2D eigenvalue weighted by atomic mass is 9.87. The Morgan fingerprint density at radius 2 is 1.94 bits per heavy atom. The van der Waals surface area contributed by atoms with Gasteiger partial charge in [0.2, 0.25) is 0 Å². The summed E-state index contributed by atoms with van der Waals surface area (Å²) in [5.41, 5.74) is 4.90. The molecule has 1 aromatic rings. The van der Waals surface area contributed by atoms with Gasteiger partial charge in [-0.05, 0) is 55.0 Å². The molecule has 0 amide bonds. The molecule has 88 valence electrons. The minimum Gasteiger partial charge on any atom is -0.496 e. The number of methoxy groups -OCH3 is 1. The van der Waals surface area contributed by atoms with Crippen molar-refractivity contribution >= 4 is 6.29 Å². The summed E-state index contributed by atoms with van der Waals surface area (Å²) in [5, 5.41) is 0. The SMILES string of the molecule is COc1cc(C)c(C(C)CC=O)c(C)c1C. The molecular weight excluding hydrogens is 200 g/mol. The van der Waals surface area contributed by atoms with Gasteiger partial charge in [0.05, 0.1) is 7.11 Å². The molecule has 0 radical (unpaired) electrons. The van der Waals surface area contributed by atoms with Crippen molar-refractivity contribution in [2.24, 2.45) is 0 Å². The molecule has 1 unspecified atom stereocenters. The second-order valence-electron chi connectivity index (χ2n) is 4.36. The largest absolute Gasteiger partial charge is 0.496 e. The first-order chi connectivity index (χ1) is 7.52. The maximum Gasteiger partial charge on any atom is 0.122 e. The van der Waals surface area contributed by atoms with E-state index < -0.39 is 0 Å². The molecule has 0 bridgehead atoms. The summed E-state index contributed by atoms with van der Waals surface area (Å²) >= 11 is 0. The van der Waals surface area contributed by atoms with Crippen LogP contribution in [0.1, 0.15) is 41.5 Å². The van der Waals surface area contributed by atoms with Gasteiger partial charge in [-0.3, -0.25) is 0 Å². The predicted molar refractivity (Wildman–Crippen MR) is 66.3 cm³/mol. The highest BCUT2D eigenvalue weighted by Crippen LogP contribution is 2.32. The predicted octanol–water partition coefficient (Wildman–Crippen LogP) is 3.31. The molecule has 2 heteroatoms. The van der Waals surface area contributed by atoms with Crippen molar-refractivity contribution in [3.63, 3.8) is 0 Å². The lowest BCUT2D eigenvalue weighted by molar-refractivity contribution is -0.108. The highest BCUT2D eigenvalue weighted by molar-refractivity contribution is 5.55. The average Bonchev–Trinajstić information content (AvgIpc) is 2.24. The molecule has 16 heavy (non-hydrogen) atoms. The van der Waals surface area contributed by atoms with Crippen LogP contribution in [0.15, 0.2) is 6.07 Å². The number of rotatable bonds is 4. The Labute approximate surface area is 97.6 Å². The Morgan fingerprint density at radius 3 is 2.44 bits per heavy atom. The zero-order chi connectivity index (χ0) is 12.3. The van der Waals surface area contributed by atoms with Crippen LogP contribution in [0.25, 0.3) is 0 Å². The van der Waals surface area contributed by atoms with Gasteiger partial charge >= 0.3 is 0 Å². The third-order valence-corrected chi connectivity index (χ3v) is 3.27. The van der Waals surface area contributed by atoms with Gasteiger partial charge in [0, 0.05) is 6.42 Å². The van der Waals surface area contributed by atoms with Crippen LogP contribution in [0.3, 0.4) is 0 Å². The van der Waals surface area contributed by atoms with Gasteiger partial charge in [-0.25, -0.2) is 0 Å². The topological polar surface area (TPSA) is 26.3 Å². The molecule has 2 nitrogen and oxygen atoms in total. The van der Waals surface area contributed by atoms with E-state index >= 15 is 0 Å². The van der Waals surface area contributed by atoms with Crippen molar-refractivity contribution < 1.29 is 9.53 Å². The van der Waals surface area contributed by atoms with Gasteiger partial charge in [-0.1, -0.05) is 6.92 Å². The number of hydrogen-bond donors (Lipinski definition) is 0. The highest BCUT2D eigenvalue weighted by Gasteiger charge is 2.15. The third kappa shape index (κ3) is 2.26. The van der Waals surface area contributed by atoms with Crippen molar-refractivity contribution in [1.82, 2.24) is 0 Å². The number of benzene rings is 1. The molecule has 0 heterocycles. The Balaban J connectivity index is 3.29. The molecule has 1 aromatic carbocycles. The van der Waals surface area contributed by atoms with Crippen LogP contribution in [0.5, 0.6) is 5.75 Å². The van der Waals surface area contributed by atoms with Crippen molar-refractivity contribution in [2.75, 3.05) is 7.11 Å². The van der Waals surface area contributed by atoms with Gasteiger partial charge in [0.25, 0.3) is 0 Å². The van der Waals surface area contributed by atoms with E-state index in [1.54, 1.807) is 7.11 Å². The monoisotopic (exact) mass is 220 g/mol. The van der Waals surface area contributed by atoms with E-state index in [1.165, 1.54) is 22.3 Å². The van der Waals surface area contributed by atoms with Crippen LogP contribution in [-0.4, -0.2) is 13.4 Å². The van der Waals surface area contributed by atoms with Crippen molar-refractivity contribution in [3.05, 3.63) is 28.3 Å². The van der Waals surface area contributed by atoms with Crippen molar-refractivity contribution in [3.8, 4) is 5.75 Å². The van der Waals surface area contributed by atoms with Gasteiger partial charge in [-0.15, -0.1) is 0 Å². The minimum absolute atomic E-state index is 0.280. The highest BCUT2D eigenvalue weighted by atomic mass is 16.5. The quantitative estimate of drug-likeness (QED) is 0.728. The summed E-state index contributed by atoms with van der Waals surface area (Å²) in [6.45, 7) is 8.33. The fraction of sp³-hybridized carbons (Fsp3) is 0.500. The molecule has 1 atom stereocenters. The molecule has 0 spiro atoms. The fourth-order valence-corrected chi connectivity index (χ4v) is 2.30. The second kappa shape index (κ2) is 5.15. The number of carbonyl (C=O) groups excluding carboxylic acids is 1. The van der Waals surface area contributed by atoms with Gasteiger partial charge in [0.15, 0.2) is 0 Å². The van der Waals surface area contributed by atoms with Crippen molar-refractivity contribution in [1.29, 1.82) is 0 Å². The summed E-state index contributed by atoms with van der Waals surface area (Å²) in [6.07, 6.45) is 1.57. The summed E-state index contributed by atoms with van der Waals surface area (Å²) in [5.74, 6) is 1.21. The molecule has 0 aliphatic heterocycles. The minimum atomic E-state index is 0.280. The van der Waals surface area contributed by atoms with E-state index in [4.69, 9.17) is 4.74 Å². The average molecular weight is 220 g/mol. The smallest absolute Gasteiger partial charge is 0.122 e. The van der Waals surface area contributed by atoms with E-state index in [0.717, 1.165) is 12.0 Å². The second-order valence-corrected chi connectivity index (χ2v) is 4.36. The van der Waals surface area contributed by atoms with E-state index in [0.29, 0.717) is 6.42 Å². The summed E-state index contributed by atoms with van der Waals surface area (Å²) < 4.78 is 5.33. The Morgan fingerprint density at radius 1 is 1.31 bits per heavy atom. The number of aldehydes is 1. The van der Waals surface area contributed by atoms with E-state index in [1.807, 2.05) is 0 Å². The van der Waals surface area contributed by atoms with Crippen LogP contribution in [-0.2, 0) is 4.79 Å². The lowest BCUT2D eigenvalue weighted by Crippen LogP contribution is -2.04. The molecule has 0 saturated carbocycles. The van der Waals surface area contributed by atoms with E-state index in [9.17, 15) is 4.79 Å². The number of hydrogen-bond acceptors (Lipinski definition) is 2. The molecule has 1 rings (SSSR count). The molecule has 0 aliphatic rings. The maximum atomic E-state index is 10.6. The molecule has 0 N–H and O–H groups in total. The Kier molecular flexibility index (Phi) is 4.11. The van der Waals surface area contributed by atoms with Crippen LogP contribution in [0.2, 0.25) is 0 Å². The fourth-order valence-electron chi connectivity index (χ4n) is 2.30. The Bertz CT molecular complexity index is 394. The Hall–Kier alpha value is -1.31. The van der Waals surface area contributed by atoms with Crippen molar-refractivity contribution in [2.45, 2.75) is 40.0 Å². The zero-order valence-electron chi connectivity index (χ0n) is 10.8. The normalized spacial score (nSPS) is 12.3. The van der Waals surface area contributed by atoms with E-state index in [2.05, 4.69) is 33.8 Å². The molecular formula is C14H20O2. The van der Waals surface area contributed by atoms with Gasteiger partial charge < -0.3 is 9.53 Å². The number of ether oxygens (including phenoxy) is 1. The van der Waals surface area contributed by atoms with Gasteiger partial charge in [0.1, 0.15) is 12.0 Å². The van der Waals surface area contributed by atoms with Gasteiger partial charge in [-0.2, -0.15) is 0 Å². The van der Waals surface area contributed by atoms with Crippen LogP contribution >= 0.6 is 0 Å². The summed E-state index contributed by atoms with van der Waals surface area (Å²) in [7, 11) is 1.69. The zero-order valence-corrected chi connectivity index (χ0v) is 10.8. The number of aryl methyl sites for hydroxylation is 1. The first-order valence-electron chi connectivity index (χ1n) is 5.61. The maximum absolute atomic E-state index is 10.6. The molecule has 0 aliphatic carbocycles. The first kappa shape index (κ1) is 12.8. The van der Waals surface area contributed by atoms with E-state index in [-0.39, 0.29) is 5.92 Å². The molecule has 0 aromatic heterocycles. The number of carbonyl (C=O) groups is 1. The summed E-state index contributed by atoms with van der Waals surface area (Å²) in [6, 6.07) is 2.05. The lowest BCUT2D eigenvalue weighted by Gasteiger charge is -2.19. The van der Waals surface area contributed by atoms with Crippen LogP contribution in [0, 0.1) is 20.8 Å². The standard InChI is InChI=1S/C14H20O2/c1-9(6-7-15)14-10(2)8-13(16-5)11(3)12(14)4/h7-9H,6H2,1-5H3. The third-order valence-electron chi connectivity index (χ3n) is 3.27. The summed E-state index contributed by atoms with van der Waals surface area (Å²) in [4.78, 5) is 10.6. The first-order valence-corrected chi connectivity index (χ1v) is 5.61.